The van der Waals surface area contributed by atoms with Crippen LogP contribution in [0, 0.1) is 20.8 Å². The maximum Gasteiger partial charge on any atom is 0.255 e. The molecule has 1 saturated heterocycles. The number of benzene rings is 2. The Balaban J connectivity index is 1.34. The molecule has 2 aromatic carbocycles. The monoisotopic (exact) mass is 432 g/mol. The summed E-state index contributed by atoms with van der Waals surface area (Å²) in [6.45, 7) is 11.0. The highest BCUT2D eigenvalue weighted by atomic mass is 16.5. The molecule has 1 aromatic heterocycles. The number of aryl methyl sites for hydroxylation is 3. The van der Waals surface area contributed by atoms with E-state index in [1.807, 2.05) is 25.1 Å². The molecule has 0 radical (unpaired) electrons. The standard InChI is InChI=1S/C26H32N4O2/c1-19-15-20(2)17-23(16-19)32-14-9-24-21(3)27-26(28-25(24)31)30-12-10-29(11-13-30)18-22-7-5-4-6-8-22/h4-8,15-17H,9-14,18H2,1-3H3,(H,27,28,31). The number of hydrogen-bond donors (Lipinski definition) is 1. The summed E-state index contributed by atoms with van der Waals surface area (Å²) in [5.74, 6) is 1.51. The summed E-state index contributed by atoms with van der Waals surface area (Å²) in [4.78, 5) is 25.1. The topological polar surface area (TPSA) is 61.5 Å². The molecule has 1 aliphatic rings. The lowest BCUT2D eigenvalue weighted by Gasteiger charge is -2.35. The van der Waals surface area contributed by atoms with Crippen molar-refractivity contribution in [3.63, 3.8) is 0 Å². The van der Waals surface area contributed by atoms with Crippen LogP contribution in [0.15, 0.2) is 53.3 Å². The first kappa shape index (κ1) is 22.1. The third-order valence-electron chi connectivity index (χ3n) is 5.95. The Labute approximate surface area is 189 Å². The molecule has 0 unspecified atom stereocenters. The van der Waals surface area contributed by atoms with Gasteiger partial charge in [-0.2, -0.15) is 0 Å². The Bertz CT molecular complexity index is 1080. The molecule has 0 saturated carbocycles. The quantitative estimate of drug-likeness (QED) is 0.618. The first-order valence-electron chi connectivity index (χ1n) is 11.3. The van der Waals surface area contributed by atoms with Gasteiger partial charge in [0.05, 0.1) is 12.3 Å². The highest BCUT2D eigenvalue weighted by Crippen LogP contribution is 2.17. The van der Waals surface area contributed by atoms with E-state index in [0.29, 0.717) is 24.5 Å². The van der Waals surface area contributed by atoms with Gasteiger partial charge in [-0.05, 0) is 49.6 Å². The van der Waals surface area contributed by atoms with Crippen molar-refractivity contribution in [3.05, 3.63) is 86.8 Å². The number of hydrogen-bond acceptors (Lipinski definition) is 5. The van der Waals surface area contributed by atoms with Gasteiger partial charge in [-0.1, -0.05) is 36.4 Å². The van der Waals surface area contributed by atoms with Gasteiger partial charge < -0.3 is 9.64 Å². The van der Waals surface area contributed by atoms with E-state index in [0.717, 1.165) is 44.2 Å². The number of ether oxygens (including phenoxy) is 1. The minimum atomic E-state index is -0.0664. The van der Waals surface area contributed by atoms with E-state index >= 15 is 0 Å². The number of nitrogens with one attached hydrogen (secondary N) is 1. The number of aromatic nitrogens is 2. The summed E-state index contributed by atoms with van der Waals surface area (Å²) < 4.78 is 5.89. The Kier molecular flexibility index (Phi) is 6.90. The van der Waals surface area contributed by atoms with Gasteiger partial charge in [0, 0.05) is 44.7 Å². The van der Waals surface area contributed by atoms with Crippen LogP contribution in [-0.2, 0) is 13.0 Å². The molecule has 3 aromatic rings. The number of piperazine rings is 1. The molecule has 1 fully saturated rings. The van der Waals surface area contributed by atoms with Crippen LogP contribution in [0.1, 0.15) is 27.9 Å². The van der Waals surface area contributed by atoms with Crippen LogP contribution >= 0.6 is 0 Å². The van der Waals surface area contributed by atoms with E-state index in [-0.39, 0.29) is 5.56 Å². The zero-order valence-corrected chi connectivity index (χ0v) is 19.2. The number of anilines is 1. The van der Waals surface area contributed by atoms with Crippen LogP contribution in [0.2, 0.25) is 0 Å². The van der Waals surface area contributed by atoms with Crippen LogP contribution in [-0.4, -0.2) is 47.7 Å². The molecule has 4 rings (SSSR count). The fourth-order valence-electron chi connectivity index (χ4n) is 4.29. The minimum Gasteiger partial charge on any atom is -0.493 e. The lowest BCUT2D eigenvalue weighted by atomic mass is 10.1. The molecule has 2 heterocycles. The molecule has 0 amide bonds. The number of rotatable bonds is 7. The summed E-state index contributed by atoms with van der Waals surface area (Å²) >= 11 is 0. The molecule has 1 aliphatic heterocycles. The fourth-order valence-corrected chi connectivity index (χ4v) is 4.29. The molecule has 0 aliphatic carbocycles. The highest BCUT2D eigenvalue weighted by molar-refractivity contribution is 5.35. The van der Waals surface area contributed by atoms with Crippen LogP contribution in [0.25, 0.3) is 0 Å². The molecule has 32 heavy (non-hydrogen) atoms. The van der Waals surface area contributed by atoms with E-state index < -0.39 is 0 Å². The van der Waals surface area contributed by atoms with Crippen molar-refractivity contribution < 1.29 is 4.74 Å². The Hall–Kier alpha value is -3.12. The van der Waals surface area contributed by atoms with Gasteiger partial charge in [0.2, 0.25) is 5.95 Å². The first-order valence-corrected chi connectivity index (χ1v) is 11.3. The first-order chi connectivity index (χ1) is 15.5. The zero-order chi connectivity index (χ0) is 22.5. The number of nitrogens with zero attached hydrogens (tertiary/aromatic N) is 3. The number of H-pyrrole nitrogens is 1. The van der Waals surface area contributed by atoms with Gasteiger partial charge in [-0.25, -0.2) is 4.98 Å². The van der Waals surface area contributed by atoms with E-state index in [4.69, 9.17) is 9.72 Å². The van der Waals surface area contributed by atoms with E-state index in [9.17, 15) is 4.79 Å². The highest BCUT2D eigenvalue weighted by Gasteiger charge is 2.20. The van der Waals surface area contributed by atoms with Crippen LogP contribution in [0.3, 0.4) is 0 Å². The summed E-state index contributed by atoms with van der Waals surface area (Å²) in [6, 6.07) is 16.7. The molecule has 6 nitrogen and oxygen atoms in total. The molecule has 1 N–H and O–H groups in total. The SMILES string of the molecule is Cc1cc(C)cc(OCCc2c(C)nc(N3CCN(Cc4ccccc4)CC3)[nH]c2=O)c1. The van der Waals surface area contributed by atoms with Gasteiger partial charge in [-0.15, -0.1) is 0 Å². The summed E-state index contributed by atoms with van der Waals surface area (Å²) in [5.41, 5.74) is 5.08. The minimum absolute atomic E-state index is 0.0664. The van der Waals surface area contributed by atoms with Crippen LogP contribution in [0.4, 0.5) is 5.95 Å². The third kappa shape index (κ3) is 5.56. The van der Waals surface area contributed by atoms with Crippen molar-refractivity contribution in [2.24, 2.45) is 0 Å². The number of aromatic amines is 1. The fraction of sp³-hybridized carbons (Fsp3) is 0.385. The maximum atomic E-state index is 12.8. The lowest BCUT2D eigenvalue weighted by molar-refractivity contribution is 0.248. The van der Waals surface area contributed by atoms with Crippen molar-refractivity contribution >= 4 is 5.95 Å². The van der Waals surface area contributed by atoms with Crippen LogP contribution in [0.5, 0.6) is 5.75 Å². The molecule has 168 valence electrons. The largest absolute Gasteiger partial charge is 0.493 e. The summed E-state index contributed by atoms with van der Waals surface area (Å²) in [5, 5.41) is 0. The van der Waals surface area contributed by atoms with Crippen LogP contribution < -0.4 is 15.2 Å². The molecule has 0 bridgehead atoms. The second kappa shape index (κ2) is 10.0. The average Bonchev–Trinajstić information content (AvgIpc) is 2.76. The maximum absolute atomic E-state index is 12.8. The summed E-state index contributed by atoms with van der Waals surface area (Å²) in [7, 11) is 0. The second-order valence-corrected chi connectivity index (χ2v) is 8.62. The van der Waals surface area contributed by atoms with Crippen molar-refractivity contribution in [2.75, 3.05) is 37.7 Å². The molecule has 0 spiro atoms. The van der Waals surface area contributed by atoms with Gasteiger partial charge >= 0.3 is 0 Å². The molecule has 6 heteroatoms. The summed E-state index contributed by atoms with van der Waals surface area (Å²) in [6.07, 6.45) is 0.534. The van der Waals surface area contributed by atoms with E-state index in [1.165, 1.54) is 16.7 Å². The van der Waals surface area contributed by atoms with Gasteiger partial charge in [0.25, 0.3) is 5.56 Å². The Morgan fingerprint density at radius 2 is 1.66 bits per heavy atom. The van der Waals surface area contributed by atoms with Crippen molar-refractivity contribution in [1.29, 1.82) is 0 Å². The zero-order valence-electron chi connectivity index (χ0n) is 19.2. The molecular weight excluding hydrogens is 400 g/mol. The Morgan fingerprint density at radius 1 is 0.969 bits per heavy atom. The predicted octanol–water partition coefficient (Wildman–Crippen LogP) is 3.64. The van der Waals surface area contributed by atoms with Gasteiger partial charge in [-0.3, -0.25) is 14.7 Å². The predicted molar refractivity (Wildman–Crippen MR) is 129 cm³/mol. The van der Waals surface area contributed by atoms with Crippen molar-refractivity contribution in [1.82, 2.24) is 14.9 Å². The van der Waals surface area contributed by atoms with Crippen molar-refractivity contribution in [2.45, 2.75) is 33.7 Å². The normalized spacial score (nSPS) is 14.5. The van der Waals surface area contributed by atoms with Crippen molar-refractivity contribution in [3.8, 4) is 5.75 Å². The third-order valence-corrected chi connectivity index (χ3v) is 5.95. The smallest absolute Gasteiger partial charge is 0.255 e. The van der Waals surface area contributed by atoms with E-state index in [2.05, 4.69) is 59.0 Å². The molecule has 0 atom stereocenters. The van der Waals surface area contributed by atoms with Gasteiger partial charge in [0.15, 0.2) is 0 Å². The van der Waals surface area contributed by atoms with Gasteiger partial charge in [0.1, 0.15) is 5.75 Å². The lowest BCUT2D eigenvalue weighted by Crippen LogP contribution is -2.47. The second-order valence-electron chi connectivity index (χ2n) is 8.62. The molecular formula is C26H32N4O2. The van der Waals surface area contributed by atoms with E-state index in [1.54, 1.807) is 0 Å². The Morgan fingerprint density at radius 3 is 2.31 bits per heavy atom. The average molecular weight is 433 g/mol.